The van der Waals surface area contributed by atoms with Crippen LogP contribution in [0.25, 0.3) is 11.6 Å². The maximum atomic E-state index is 12.9. The summed E-state index contributed by atoms with van der Waals surface area (Å²) in [6, 6.07) is 16.9. The summed E-state index contributed by atoms with van der Waals surface area (Å²) in [5, 5.41) is 9.81. The first-order valence-electron chi connectivity index (χ1n) is 11.7. The fourth-order valence-corrected chi connectivity index (χ4v) is 6.91. The first kappa shape index (κ1) is 26.6. The number of thiophene rings is 1. The number of ether oxygens (including phenoxy) is 2. The number of sulfonamides is 1. The molecule has 1 saturated heterocycles. The Bertz CT molecular complexity index is 1390. The number of carboxylic acids is 1. The molecule has 0 bridgehead atoms. The molecule has 0 unspecified atom stereocenters. The third kappa shape index (κ3) is 6.46. The summed E-state index contributed by atoms with van der Waals surface area (Å²) < 4.78 is 38.0. The molecule has 1 aromatic heterocycles. The van der Waals surface area contributed by atoms with Crippen molar-refractivity contribution in [3.63, 3.8) is 0 Å². The highest BCUT2D eigenvalue weighted by molar-refractivity contribution is 7.91. The smallest absolute Gasteiger partial charge is 0.337 e. The second kappa shape index (κ2) is 11.7. The van der Waals surface area contributed by atoms with Gasteiger partial charge in [0.2, 0.25) is 0 Å². The maximum absolute atomic E-state index is 12.9. The molecule has 37 heavy (non-hydrogen) atoms. The Balaban J connectivity index is 1.45. The van der Waals surface area contributed by atoms with Crippen molar-refractivity contribution in [2.75, 3.05) is 20.2 Å². The third-order valence-electron chi connectivity index (χ3n) is 5.96. The zero-order valence-corrected chi connectivity index (χ0v) is 21.9. The van der Waals surface area contributed by atoms with E-state index in [1.165, 1.54) is 23.6 Å². The van der Waals surface area contributed by atoms with E-state index in [0.717, 1.165) is 36.2 Å². The number of nitrogens with zero attached hydrogens (tertiary/aromatic N) is 1. The minimum atomic E-state index is -3.62. The van der Waals surface area contributed by atoms with Crippen molar-refractivity contribution < 1.29 is 32.6 Å². The second-order valence-corrected chi connectivity index (χ2v) is 11.7. The molecule has 1 N–H and O–H groups in total. The Kier molecular flexibility index (Phi) is 8.42. The molecular formula is C27H27NO7S2. The van der Waals surface area contributed by atoms with E-state index < -0.39 is 22.0 Å². The van der Waals surface area contributed by atoms with Crippen molar-refractivity contribution >= 4 is 44.9 Å². The zero-order chi connectivity index (χ0) is 26.4. The zero-order valence-electron chi connectivity index (χ0n) is 20.3. The predicted octanol–water partition coefficient (Wildman–Crippen LogP) is 4.91. The predicted molar refractivity (Wildman–Crippen MR) is 141 cm³/mol. The lowest BCUT2D eigenvalue weighted by molar-refractivity contribution is -0.130. The molecule has 4 rings (SSSR count). The van der Waals surface area contributed by atoms with E-state index in [0.29, 0.717) is 41.4 Å². The van der Waals surface area contributed by atoms with Gasteiger partial charge in [0.1, 0.15) is 16.6 Å². The van der Waals surface area contributed by atoms with Crippen LogP contribution in [-0.2, 0) is 26.2 Å². The van der Waals surface area contributed by atoms with Gasteiger partial charge in [-0.1, -0.05) is 30.7 Å². The molecule has 0 radical (unpaired) electrons. The SMILES string of the molecule is COC(=O)c1ccc(COc2ccc(/C=C(\C(=O)O)c3ccc(S(=O)(=O)N4CCCCC4)s3)cc2)cc1. The minimum absolute atomic E-state index is 0.0180. The normalized spacial score (nSPS) is 14.8. The van der Waals surface area contributed by atoms with Gasteiger partial charge < -0.3 is 14.6 Å². The summed E-state index contributed by atoms with van der Waals surface area (Å²) in [5.74, 6) is -0.948. The van der Waals surface area contributed by atoms with Crippen molar-refractivity contribution in [2.45, 2.75) is 30.1 Å². The van der Waals surface area contributed by atoms with Gasteiger partial charge >= 0.3 is 11.9 Å². The Morgan fingerprint density at radius 2 is 1.65 bits per heavy atom. The Hall–Kier alpha value is -3.47. The lowest BCUT2D eigenvalue weighted by Crippen LogP contribution is -2.35. The topological polar surface area (TPSA) is 110 Å². The molecule has 3 aromatic rings. The molecule has 0 saturated carbocycles. The standard InChI is InChI=1S/C27H27NO7S2/c1-34-27(31)21-9-5-20(6-10-21)18-35-22-11-7-19(8-12-22)17-23(26(29)30)24-13-14-25(36-24)37(32,33)28-15-3-2-4-16-28/h5-14,17H,2-4,15-16,18H2,1H3,(H,29,30)/b23-17-. The monoisotopic (exact) mass is 541 g/mol. The van der Waals surface area contributed by atoms with Gasteiger partial charge in [-0.3, -0.25) is 0 Å². The van der Waals surface area contributed by atoms with E-state index in [9.17, 15) is 23.1 Å². The number of aliphatic carboxylic acids is 1. The highest BCUT2D eigenvalue weighted by atomic mass is 32.2. The van der Waals surface area contributed by atoms with Gasteiger partial charge in [0.25, 0.3) is 10.0 Å². The van der Waals surface area contributed by atoms with Crippen molar-refractivity contribution in [1.29, 1.82) is 0 Å². The molecule has 8 nitrogen and oxygen atoms in total. The van der Waals surface area contributed by atoms with Crippen molar-refractivity contribution in [1.82, 2.24) is 4.31 Å². The van der Waals surface area contributed by atoms with Crippen LogP contribution in [0.1, 0.15) is 45.6 Å². The Morgan fingerprint density at radius 3 is 2.27 bits per heavy atom. The summed E-state index contributed by atoms with van der Waals surface area (Å²) in [7, 11) is -2.29. The largest absolute Gasteiger partial charge is 0.489 e. The summed E-state index contributed by atoms with van der Waals surface area (Å²) in [6.07, 6.45) is 4.20. The van der Waals surface area contributed by atoms with Gasteiger partial charge in [0, 0.05) is 18.0 Å². The molecule has 0 spiro atoms. The van der Waals surface area contributed by atoms with Gasteiger partial charge in [0.05, 0.1) is 18.2 Å². The number of esters is 1. The molecule has 10 heteroatoms. The minimum Gasteiger partial charge on any atom is -0.489 e. The number of piperidine rings is 1. The molecule has 0 amide bonds. The number of methoxy groups -OCH3 is 1. The van der Waals surface area contributed by atoms with E-state index in [-0.39, 0.29) is 9.78 Å². The van der Waals surface area contributed by atoms with Crippen LogP contribution in [0.15, 0.2) is 64.9 Å². The summed E-state index contributed by atoms with van der Waals surface area (Å²) >= 11 is 0.970. The molecule has 2 aromatic carbocycles. The number of rotatable bonds is 9. The molecular weight excluding hydrogens is 514 g/mol. The van der Waals surface area contributed by atoms with Gasteiger partial charge in [-0.15, -0.1) is 11.3 Å². The number of carbonyl (C=O) groups is 2. The van der Waals surface area contributed by atoms with E-state index in [1.807, 2.05) is 0 Å². The van der Waals surface area contributed by atoms with Crippen LogP contribution in [0.3, 0.4) is 0 Å². The van der Waals surface area contributed by atoms with Crippen LogP contribution in [0.5, 0.6) is 5.75 Å². The number of hydrogen-bond donors (Lipinski definition) is 1. The van der Waals surface area contributed by atoms with Crippen LogP contribution in [0.2, 0.25) is 0 Å². The fraction of sp³-hybridized carbons (Fsp3) is 0.259. The second-order valence-electron chi connectivity index (χ2n) is 8.49. The molecule has 1 aliphatic rings. The molecule has 1 aliphatic heterocycles. The quantitative estimate of drug-likeness (QED) is 0.303. The lowest BCUT2D eigenvalue weighted by atomic mass is 10.1. The first-order valence-corrected chi connectivity index (χ1v) is 14.0. The highest BCUT2D eigenvalue weighted by Crippen LogP contribution is 2.32. The highest BCUT2D eigenvalue weighted by Gasteiger charge is 2.28. The van der Waals surface area contributed by atoms with Gasteiger partial charge in [-0.25, -0.2) is 18.0 Å². The molecule has 0 atom stereocenters. The maximum Gasteiger partial charge on any atom is 0.337 e. The van der Waals surface area contributed by atoms with Crippen molar-refractivity contribution in [3.8, 4) is 5.75 Å². The average Bonchev–Trinajstić information content (AvgIpc) is 3.42. The van der Waals surface area contributed by atoms with Gasteiger partial charge in [0.15, 0.2) is 0 Å². The van der Waals surface area contributed by atoms with E-state index in [2.05, 4.69) is 4.74 Å². The van der Waals surface area contributed by atoms with Crippen LogP contribution in [0, 0.1) is 0 Å². The number of hydrogen-bond acceptors (Lipinski definition) is 7. The summed E-state index contributed by atoms with van der Waals surface area (Å²) in [6.45, 7) is 1.27. The van der Waals surface area contributed by atoms with E-state index in [4.69, 9.17) is 4.74 Å². The molecule has 0 aliphatic carbocycles. The molecule has 1 fully saturated rings. The lowest BCUT2D eigenvalue weighted by Gasteiger charge is -2.25. The van der Waals surface area contributed by atoms with Crippen LogP contribution >= 0.6 is 11.3 Å². The summed E-state index contributed by atoms with van der Waals surface area (Å²) in [4.78, 5) is 23.9. The van der Waals surface area contributed by atoms with Gasteiger partial charge in [-0.2, -0.15) is 4.31 Å². The van der Waals surface area contributed by atoms with Crippen molar-refractivity contribution in [2.24, 2.45) is 0 Å². The Morgan fingerprint density at radius 1 is 0.973 bits per heavy atom. The Labute approximate surface area is 219 Å². The summed E-state index contributed by atoms with van der Waals surface area (Å²) in [5.41, 5.74) is 1.99. The fourth-order valence-electron chi connectivity index (χ4n) is 3.92. The van der Waals surface area contributed by atoms with Crippen molar-refractivity contribution in [3.05, 3.63) is 82.2 Å². The molecule has 194 valence electrons. The first-order chi connectivity index (χ1) is 17.8. The van der Waals surface area contributed by atoms with Gasteiger partial charge in [-0.05, 0) is 66.4 Å². The number of carbonyl (C=O) groups excluding carboxylic acids is 1. The van der Waals surface area contributed by atoms with Crippen LogP contribution in [-0.4, -0.2) is 50.0 Å². The van der Waals surface area contributed by atoms with E-state index in [1.54, 1.807) is 54.6 Å². The molecule has 2 heterocycles. The van der Waals surface area contributed by atoms with Crippen LogP contribution < -0.4 is 4.74 Å². The van der Waals surface area contributed by atoms with Crippen LogP contribution in [0.4, 0.5) is 0 Å². The third-order valence-corrected chi connectivity index (χ3v) is 9.44. The average molecular weight is 542 g/mol. The number of benzene rings is 2. The van der Waals surface area contributed by atoms with E-state index >= 15 is 0 Å². The number of carboxylic acid groups (broad SMARTS) is 1.